The first-order valence-electron chi connectivity index (χ1n) is 15.1. The smallest absolute Gasteiger partial charge is 0.126 e. The number of anilines is 1. The van der Waals surface area contributed by atoms with Crippen LogP contribution in [0, 0.1) is 5.82 Å². The topological polar surface area (TPSA) is 64.0 Å². The zero-order valence-electron chi connectivity index (χ0n) is 24.2. The molecule has 1 fully saturated rings. The molecule has 1 saturated carbocycles. The molecule has 0 atom stereocenters. The summed E-state index contributed by atoms with van der Waals surface area (Å²) in [6.07, 6.45) is 8.98. The van der Waals surface area contributed by atoms with Crippen LogP contribution in [-0.2, 0) is 17.9 Å². The van der Waals surface area contributed by atoms with Crippen LogP contribution in [0.3, 0.4) is 0 Å². The Kier molecular flexibility index (Phi) is 9.63. The van der Waals surface area contributed by atoms with Gasteiger partial charge in [0.15, 0.2) is 0 Å². The molecule has 5 aromatic rings. The lowest BCUT2D eigenvalue weighted by Crippen LogP contribution is -2.37. The largest absolute Gasteiger partial charge is 0.377 e. The standard InChI is InChI=1S/C35H37ClFN5O/c36-32-21-39-35(41-30-13-11-29(12-14-30)38-16-5-17-43-23-25-6-2-1-3-7-25)20-31(32)27-10-15-33-34(19-27)42(24-40-33)22-26-8-4-9-28(37)18-26/h1-4,6-10,15,18-21,24,29-30,38H,5,11-14,16-17,22-23H2,(H,39,41). The summed E-state index contributed by atoms with van der Waals surface area (Å²) in [5.74, 6) is 0.593. The van der Waals surface area contributed by atoms with E-state index in [1.165, 1.54) is 11.6 Å². The lowest BCUT2D eigenvalue weighted by molar-refractivity contribution is 0.117. The molecule has 8 heteroatoms. The molecular formula is C35H37ClFN5O. The Hall–Kier alpha value is -3.78. The van der Waals surface area contributed by atoms with E-state index in [0.717, 1.165) is 78.8 Å². The molecule has 0 radical (unpaired) electrons. The minimum atomic E-state index is -0.240. The molecule has 0 aliphatic heterocycles. The third-order valence-corrected chi connectivity index (χ3v) is 8.42. The average molecular weight is 598 g/mol. The number of fused-ring (bicyclic) bond motifs is 1. The zero-order valence-corrected chi connectivity index (χ0v) is 24.9. The Morgan fingerprint density at radius 1 is 0.884 bits per heavy atom. The van der Waals surface area contributed by atoms with Gasteiger partial charge in [-0.05, 0) is 85.7 Å². The van der Waals surface area contributed by atoms with Crippen molar-refractivity contribution in [2.75, 3.05) is 18.5 Å². The predicted molar refractivity (Wildman–Crippen MR) is 172 cm³/mol. The Morgan fingerprint density at radius 3 is 2.53 bits per heavy atom. The normalized spacial score (nSPS) is 16.9. The molecule has 1 aliphatic carbocycles. The maximum absolute atomic E-state index is 13.7. The number of nitrogens with zero attached hydrogens (tertiary/aromatic N) is 3. The maximum atomic E-state index is 13.7. The van der Waals surface area contributed by atoms with Crippen LogP contribution in [0.1, 0.15) is 43.2 Å². The van der Waals surface area contributed by atoms with Gasteiger partial charge in [0.05, 0.1) is 29.0 Å². The van der Waals surface area contributed by atoms with Crippen molar-refractivity contribution in [2.45, 2.75) is 57.3 Å². The molecule has 0 spiro atoms. The first kappa shape index (κ1) is 29.3. The summed E-state index contributed by atoms with van der Waals surface area (Å²) < 4.78 is 21.6. The SMILES string of the molecule is Fc1cccc(Cn2cnc3ccc(-c4cc(NC5CCC(NCCCOCc6ccccc6)CC5)ncc4Cl)cc32)c1. The first-order valence-corrected chi connectivity index (χ1v) is 15.5. The fraction of sp³-hybridized carbons (Fsp3) is 0.314. The van der Waals surface area contributed by atoms with E-state index in [0.29, 0.717) is 30.3 Å². The molecule has 2 aromatic heterocycles. The maximum Gasteiger partial charge on any atom is 0.126 e. The van der Waals surface area contributed by atoms with Crippen LogP contribution in [0.4, 0.5) is 10.2 Å². The second-order valence-corrected chi connectivity index (χ2v) is 11.7. The first-order chi connectivity index (χ1) is 21.1. The number of pyridine rings is 1. The average Bonchev–Trinajstić information content (AvgIpc) is 3.43. The second kappa shape index (κ2) is 14.1. The second-order valence-electron chi connectivity index (χ2n) is 11.3. The van der Waals surface area contributed by atoms with Gasteiger partial charge in [0, 0.05) is 37.0 Å². The number of imidazole rings is 1. The number of halogens is 2. The van der Waals surface area contributed by atoms with Crippen molar-refractivity contribution in [3.63, 3.8) is 0 Å². The fourth-order valence-electron chi connectivity index (χ4n) is 5.82. The van der Waals surface area contributed by atoms with Crippen molar-refractivity contribution in [2.24, 2.45) is 0 Å². The molecule has 6 nitrogen and oxygen atoms in total. The van der Waals surface area contributed by atoms with Crippen molar-refractivity contribution >= 4 is 28.5 Å². The molecule has 43 heavy (non-hydrogen) atoms. The minimum Gasteiger partial charge on any atom is -0.377 e. The Balaban J connectivity index is 1.01. The van der Waals surface area contributed by atoms with Crippen LogP contribution in [0.25, 0.3) is 22.2 Å². The summed E-state index contributed by atoms with van der Waals surface area (Å²) in [4.78, 5) is 9.12. The quantitative estimate of drug-likeness (QED) is 0.143. The van der Waals surface area contributed by atoms with Crippen LogP contribution in [0.15, 0.2) is 91.4 Å². The number of hydrogen-bond acceptors (Lipinski definition) is 5. The van der Waals surface area contributed by atoms with Gasteiger partial charge in [-0.25, -0.2) is 14.4 Å². The van der Waals surface area contributed by atoms with Crippen LogP contribution >= 0.6 is 11.6 Å². The van der Waals surface area contributed by atoms with Crippen molar-refractivity contribution in [1.82, 2.24) is 19.9 Å². The van der Waals surface area contributed by atoms with E-state index in [9.17, 15) is 4.39 Å². The van der Waals surface area contributed by atoms with Crippen molar-refractivity contribution in [3.8, 4) is 11.1 Å². The summed E-state index contributed by atoms with van der Waals surface area (Å²) in [5, 5.41) is 7.96. The highest BCUT2D eigenvalue weighted by Crippen LogP contribution is 2.32. The van der Waals surface area contributed by atoms with Gasteiger partial charge >= 0.3 is 0 Å². The highest BCUT2D eigenvalue weighted by Gasteiger charge is 2.21. The van der Waals surface area contributed by atoms with Crippen molar-refractivity contribution < 1.29 is 9.13 Å². The summed E-state index contributed by atoms with van der Waals surface area (Å²) in [6, 6.07) is 26.1. The monoisotopic (exact) mass is 597 g/mol. The summed E-state index contributed by atoms with van der Waals surface area (Å²) >= 11 is 6.64. The summed E-state index contributed by atoms with van der Waals surface area (Å²) in [6.45, 7) is 2.96. The van der Waals surface area contributed by atoms with Gasteiger partial charge in [0.25, 0.3) is 0 Å². The molecule has 222 valence electrons. The fourth-order valence-corrected chi connectivity index (χ4v) is 6.03. The number of ether oxygens (including phenoxy) is 1. The van der Waals surface area contributed by atoms with Crippen LogP contribution in [0.2, 0.25) is 5.02 Å². The number of benzene rings is 3. The van der Waals surface area contributed by atoms with Crippen molar-refractivity contribution in [3.05, 3.63) is 113 Å². The molecule has 2 N–H and O–H groups in total. The van der Waals surface area contributed by atoms with E-state index < -0.39 is 0 Å². The van der Waals surface area contributed by atoms with E-state index >= 15 is 0 Å². The number of aromatic nitrogens is 3. The van der Waals surface area contributed by atoms with Gasteiger partial charge in [-0.1, -0.05) is 60.1 Å². The van der Waals surface area contributed by atoms with Crippen molar-refractivity contribution in [1.29, 1.82) is 0 Å². The third kappa shape index (κ3) is 7.79. The van der Waals surface area contributed by atoms with Gasteiger partial charge in [-0.15, -0.1) is 0 Å². The van der Waals surface area contributed by atoms with Gasteiger partial charge in [0.1, 0.15) is 11.6 Å². The summed E-state index contributed by atoms with van der Waals surface area (Å²) in [5.41, 5.74) is 5.87. The highest BCUT2D eigenvalue weighted by molar-refractivity contribution is 6.33. The molecule has 2 heterocycles. The van der Waals surface area contributed by atoms with Gasteiger partial charge < -0.3 is 19.9 Å². The Bertz CT molecular complexity index is 1630. The van der Waals surface area contributed by atoms with E-state index in [1.807, 2.05) is 47.0 Å². The van der Waals surface area contributed by atoms with Crippen LogP contribution in [-0.4, -0.2) is 39.8 Å². The third-order valence-electron chi connectivity index (χ3n) is 8.12. The number of rotatable bonds is 12. The van der Waals surface area contributed by atoms with E-state index in [2.05, 4.69) is 38.8 Å². The molecular weight excluding hydrogens is 561 g/mol. The molecule has 0 bridgehead atoms. The van der Waals surface area contributed by atoms with Gasteiger partial charge in [-0.3, -0.25) is 0 Å². The molecule has 0 amide bonds. The van der Waals surface area contributed by atoms with E-state index in [1.54, 1.807) is 24.7 Å². The minimum absolute atomic E-state index is 0.240. The predicted octanol–water partition coefficient (Wildman–Crippen LogP) is 7.86. The molecule has 1 aliphatic rings. The lowest BCUT2D eigenvalue weighted by Gasteiger charge is -2.30. The molecule has 0 saturated heterocycles. The lowest BCUT2D eigenvalue weighted by atomic mass is 9.91. The van der Waals surface area contributed by atoms with Crippen LogP contribution in [0.5, 0.6) is 0 Å². The zero-order chi connectivity index (χ0) is 29.4. The van der Waals surface area contributed by atoms with Gasteiger partial charge in [0.2, 0.25) is 0 Å². The molecule has 3 aromatic carbocycles. The van der Waals surface area contributed by atoms with E-state index in [4.69, 9.17) is 16.3 Å². The van der Waals surface area contributed by atoms with E-state index in [-0.39, 0.29) is 5.82 Å². The molecule has 6 rings (SSSR count). The summed E-state index contributed by atoms with van der Waals surface area (Å²) in [7, 11) is 0. The number of nitrogens with one attached hydrogen (secondary N) is 2. The Labute approximate surface area is 257 Å². The number of hydrogen-bond donors (Lipinski definition) is 2. The highest BCUT2D eigenvalue weighted by atomic mass is 35.5. The molecule has 0 unspecified atom stereocenters. The Morgan fingerprint density at radius 2 is 1.70 bits per heavy atom. The van der Waals surface area contributed by atoms with Crippen LogP contribution < -0.4 is 10.6 Å². The van der Waals surface area contributed by atoms with Gasteiger partial charge in [-0.2, -0.15) is 0 Å².